The average Bonchev–Trinajstić information content (AvgIpc) is 3.46. The molecular weight excluding hydrogens is 557 g/mol. The van der Waals surface area contributed by atoms with Crippen LogP contribution in [0.25, 0.3) is 22.5 Å². The summed E-state index contributed by atoms with van der Waals surface area (Å²) in [4.78, 5) is 9.54. The highest BCUT2D eigenvalue weighted by Crippen LogP contribution is 2.38. The fraction of sp³-hybridized carbons (Fsp3) is 0.590. The molecule has 1 aromatic heterocycles. The van der Waals surface area contributed by atoms with Crippen LogP contribution in [0.5, 0.6) is 11.5 Å². The molecule has 3 aromatic rings. The van der Waals surface area contributed by atoms with Crippen LogP contribution in [0.2, 0.25) is 6.04 Å². The number of rotatable bonds is 21. The Morgan fingerprint density at radius 1 is 0.682 bits per heavy atom. The molecule has 1 aliphatic rings. The van der Waals surface area contributed by atoms with Crippen LogP contribution in [0.1, 0.15) is 124 Å². The Morgan fingerprint density at radius 3 is 2.07 bits per heavy atom. The summed E-state index contributed by atoms with van der Waals surface area (Å²) >= 11 is 0. The van der Waals surface area contributed by atoms with Crippen LogP contribution in [0.4, 0.5) is 0 Å². The Kier molecular flexibility index (Phi) is 14.8. The van der Waals surface area contributed by atoms with Crippen molar-refractivity contribution in [2.24, 2.45) is 11.8 Å². The molecule has 4 nitrogen and oxygen atoms in total. The van der Waals surface area contributed by atoms with E-state index in [4.69, 9.17) is 19.4 Å². The van der Waals surface area contributed by atoms with Gasteiger partial charge < -0.3 is 9.47 Å². The van der Waals surface area contributed by atoms with Gasteiger partial charge in [0.2, 0.25) is 6.29 Å². The molecule has 1 aliphatic heterocycles. The van der Waals surface area contributed by atoms with Crippen molar-refractivity contribution in [3.05, 3.63) is 54.9 Å². The van der Waals surface area contributed by atoms with Gasteiger partial charge in [0.15, 0.2) is 17.3 Å². The van der Waals surface area contributed by atoms with Gasteiger partial charge in [-0.2, -0.15) is 0 Å². The van der Waals surface area contributed by atoms with Crippen LogP contribution >= 0.6 is 0 Å². The molecule has 0 aliphatic carbocycles. The molecule has 5 heteroatoms. The number of benzene rings is 2. The van der Waals surface area contributed by atoms with E-state index in [1.165, 1.54) is 100 Å². The summed E-state index contributed by atoms with van der Waals surface area (Å²) in [7, 11) is 0.807. The highest BCUT2D eigenvalue weighted by Gasteiger charge is 2.24. The van der Waals surface area contributed by atoms with Crippen LogP contribution in [-0.2, 0) is 0 Å². The zero-order valence-electron chi connectivity index (χ0n) is 28.0. The van der Waals surface area contributed by atoms with Gasteiger partial charge in [0.05, 0.1) is 9.52 Å². The fourth-order valence-corrected chi connectivity index (χ4v) is 7.69. The quantitative estimate of drug-likeness (QED) is 0.0886. The Morgan fingerprint density at radius 2 is 1.32 bits per heavy atom. The largest absolute Gasteiger partial charge is 0.451 e. The summed E-state index contributed by atoms with van der Waals surface area (Å²) in [6.07, 6.45) is 23.3. The maximum absolute atomic E-state index is 6.11. The van der Waals surface area contributed by atoms with Crippen molar-refractivity contribution in [3.8, 4) is 34.0 Å². The number of fused-ring (bicyclic) bond motifs is 1. The predicted molar refractivity (Wildman–Crippen MR) is 187 cm³/mol. The lowest BCUT2D eigenvalue weighted by Gasteiger charge is -2.14. The number of hydrogen-bond donors (Lipinski definition) is 0. The first-order valence-corrected chi connectivity index (χ1v) is 18.9. The minimum absolute atomic E-state index is 0.181. The normalized spacial score (nSPS) is 15.4. The summed E-state index contributed by atoms with van der Waals surface area (Å²) in [5.74, 6) is 4.03. The summed E-state index contributed by atoms with van der Waals surface area (Å²) in [5, 5.41) is 1.42. The first-order chi connectivity index (χ1) is 21.6. The van der Waals surface area contributed by atoms with E-state index >= 15 is 0 Å². The summed E-state index contributed by atoms with van der Waals surface area (Å²) in [6.45, 7) is 9.43. The van der Waals surface area contributed by atoms with Crippen LogP contribution < -0.4 is 14.7 Å². The summed E-state index contributed by atoms with van der Waals surface area (Å²) < 4.78 is 12.1. The zero-order valence-corrected chi connectivity index (χ0v) is 29.0. The molecule has 2 heterocycles. The molecular formula is C39H56N2O2Si. The standard InChI is InChI=1S/C39H56N2O2Si/c1-5-7-9-10-12-22-38-42-35-24-23-32(27-36(35)43-38)39-40-28-33(29-41-39)34-20-15-16-21-37(34)44-26-25-31(4)19-14-13-18-30(3)17-11-8-6-2/h15-16,20-21,23-24,27-31,38H,5-14,17-19,22,25-26H2,1-4H3. The average molecular weight is 613 g/mol. The summed E-state index contributed by atoms with van der Waals surface area (Å²) in [5.41, 5.74) is 3.30. The van der Waals surface area contributed by atoms with Crippen molar-refractivity contribution < 1.29 is 9.47 Å². The number of aromatic nitrogens is 2. The van der Waals surface area contributed by atoms with E-state index in [-0.39, 0.29) is 6.29 Å². The molecule has 0 N–H and O–H groups in total. The number of hydrogen-bond acceptors (Lipinski definition) is 4. The van der Waals surface area contributed by atoms with E-state index in [2.05, 4.69) is 52.0 Å². The lowest BCUT2D eigenvalue weighted by atomic mass is 9.94. The number of ether oxygens (including phenoxy) is 2. The highest BCUT2D eigenvalue weighted by atomic mass is 28.2. The molecule has 0 saturated heterocycles. The van der Waals surface area contributed by atoms with E-state index in [1.807, 2.05) is 30.6 Å². The molecule has 238 valence electrons. The van der Waals surface area contributed by atoms with Crippen LogP contribution in [0, 0.1) is 11.8 Å². The van der Waals surface area contributed by atoms with Gasteiger partial charge >= 0.3 is 0 Å². The van der Waals surface area contributed by atoms with Gasteiger partial charge in [0.25, 0.3) is 0 Å². The van der Waals surface area contributed by atoms with E-state index in [9.17, 15) is 0 Å². The third kappa shape index (κ3) is 11.0. The molecule has 3 unspecified atom stereocenters. The molecule has 0 spiro atoms. The van der Waals surface area contributed by atoms with Gasteiger partial charge in [0.1, 0.15) is 0 Å². The van der Waals surface area contributed by atoms with Gasteiger partial charge in [-0.25, -0.2) is 9.97 Å². The molecule has 4 rings (SSSR count). The van der Waals surface area contributed by atoms with E-state index < -0.39 is 0 Å². The van der Waals surface area contributed by atoms with Crippen LogP contribution in [-0.4, -0.2) is 25.8 Å². The van der Waals surface area contributed by atoms with Gasteiger partial charge in [-0.05, 0) is 42.0 Å². The van der Waals surface area contributed by atoms with E-state index in [0.29, 0.717) is 5.82 Å². The zero-order chi connectivity index (χ0) is 31.0. The highest BCUT2D eigenvalue weighted by molar-refractivity contribution is 6.55. The Balaban J connectivity index is 1.23. The second-order valence-corrected chi connectivity index (χ2v) is 14.5. The monoisotopic (exact) mass is 612 g/mol. The van der Waals surface area contributed by atoms with Crippen LogP contribution in [0.3, 0.4) is 0 Å². The lowest BCUT2D eigenvalue weighted by molar-refractivity contribution is 0.0395. The smallest absolute Gasteiger partial charge is 0.241 e. The molecule has 0 saturated carbocycles. The molecule has 3 atom stereocenters. The second kappa shape index (κ2) is 19.0. The van der Waals surface area contributed by atoms with Gasteiger partial charge in [-0.3, -0.25) is 0 Å². The minimum Gasteiger partial charge on any atom is -0.451 e. The minimum atomic E-state index is -0.181. The van der Waals surface area contributed by atoms with Crippen molar-refractivity contribution in [1.29, 1.82) is 0 Å². The van der Waals surface area contributed by atoms with E-state index in [0.717, 1.165) is 56.8 Å². The van der Waals surface area contributed by atoms with Crippen molar-refractivity contribution in [1.82, 2.24) is 9.97 Å². The Bertz CT molecular complexity index is 1230. The molecule has 2 radical (unpaired) electrons. The first kappa shape index (κ1) is 34.2. The topological polar surface area (TPSA) is 44.2 Å². The predicted octanol–water partition coefficient (Wildman–Crippen LogP) is 10.8. The maximum atomic E-state index is 6.11. The molecule has 0 bridgehead atoms. The molecule has 44 heavy (non-hydrogen) atoms. The van der Waals surface area contributed by atoms with Gasteiger partial charge in [-0.1, -0.05) is 147 Å². The van der Waals surface area contributed by atoms with Crippen molar-refractivity contribution in [3.63, 3.8) is 0 Å². The Labute approximate surface area is 270 Å². The van der Waals surface area contributed by atoms with Crippen LogP contribution in [0.15, 0.2) is 54.9 Å². The fourth-order valence-electron chi connectivity index (χ4n) is 6.15. The maximum Gasteiger partial charge on any atom is 0.241 e. The van der Waals surface area contributed by atoms with Gasteiger partial charge in [-0.15, -0.1) is 0 Å². The third-order valence-electron chi connectivity index (χ3n) is 9.05. The van der Waals surface area contributed by atoms with Crippen molar-refractivity contribution in [2.45, 2.75) is 136 Å². The van der Waals surface area contributed by atoms with Crippen molar-refractivity contribution >= 4 is 14.7 Å². The second-order valence-electron chi connectivity index (χ2n) is 13.1. The number of nitrogens with zero attached hydrogens (tertiary/aromatic N) is 2. The molecule has 2 aromatic carbocycles. The first-order valence-electron chi connectivity index (χ1n) is 17.7. The third-order valence-corrected chi connectivity index (χ3v) is 10.4. The van der Waals surface area contributed by atoms with E-state index in [1.54, 1.807) is 0 Å². The molecule has 0 amide bonds. The summed E-state index contributed by atoms with van der Waals surface area (Å²) in [6, 6.07) is 16.1. The molecule has 0 fully saturated rings. The van der Waals surface area contributed by atoms with Gasteiger partial charge in [0, 0.05) is 29.9 Å². The Hall–Kier alpha value is -2.66. The SMILES string of the molecule is CCCCCCCC1Oc2ccc(-c3ncc(-c4ccccc4[Si]CCC(C)CCCCC(C)CCCCC)cn3)cc2O1. The lowest BCUT2D eigenvalue weighted by Crippen LogP contribution is -2.17. The van der Waals surface area contributed by atoms with Crippen molar-refractivity contribution in [2.75, 3.05) is 0 Å². The number of unbranched alkanes of at least 4 members (excludes halogenated alkanes) is 7.